The summed E-state index contributed by atoms with van der Waals surface area (Å²) in [5.41, 5.74) is -0.375. The van der Waals surface area contributed by atoms with E-state index in [2.05, 4.69) is 11.0 Å². The van der Waals surface area contributed by atoms with Gasteiger partial charge in [-0.25, -0.2) is 0 Å². The first-order valence-corrected chi connectivity index (χ1v) is 5.59. The van der Waals surface area contributed by atoms with E-state index in [9.17, 15) is 5.26 Å². The van der Waals surface area contributed by atoms with Gasteiger partial charge >= 0.3 is 0 Å². The molecule has 2 aliphatic rings. The number of nitrogens with zero attached hydrogens (tertiary/aromatic N) is 2. The number of hydrogen-bond donors (Lipinski definition) is 0. The molecule has 2 saturated heterocycles. The molecular formula is C11H18N2O2. The molecular weight excluding hydrogens is 192 g/mol. The molecule has 0 radical (unpaired) electrons. The highest BCUT2D eigenvalue weighted by Gasteiger charge is 2.42. The first kappa shape index (κ1) is 10.9. The lowest BCUT2D eigenvalue weighted by Crippen LogP contribution is -2.55. The van der Waals surface area contributed by atoms with Crippen LogP contribution in [0.5, 0.6) is 0 Å². The van der Waals surface area contributed by atoms with Crippen LogP contribution in [-0.4, -0.2) is 50.0 Å². The Morgan fingerprint density at radius 2 is 2.00 bits per heavy atom. The van der Waals surface area contributed by atoms with Crippen LogP contribution in [0.2, 0.25) is 0 Å². The van der Waals surface area contributed by atoms with Gasteiger partial charge in [0.1, 0.15) is 5.54 Å². The van der Waals surface area contributed by atoms with Gasteiger partial charge in [-0.1, -0.05) is 0 Å². The van der Waals surface area contributed by atoms with E-state index in [0.717, 1.165) is 45.9 Å². The molecule has 4 nitrogen and oxygen atoms in total. The zero-order valence-corrected chi connectivity index (χ0v) is 9.24. The Morgan fingerprint density at radius 1 is 1.27 bits per heavy atom. The molecule has 0 spiro atoms. The van der Waals surface area contributed by atoms with Gasteiger partial charge in [-0.3, -0.25) is 4.90 Å². The predicted molar refractivity (Wildman–Crippen MR) is 55.3 cm³/mol. The van der Waals surface area contributed by atoms with Crippen molar-refractivity contribution in [2.45, 2.75) is 18.9 Å². The minimum absolute atomic E-state index is 0.348. The van der Waals surface area contributed by atoms with E-state index in [1.807, 2.05) is 6.92 Å². The van der Waals surface area contributed by atoms with E-state index in [1.165, 1.54) is 0 Å². The highest BCUT2D eigenvalue weighted by atomic mass is 16.5. The molecule has 0 aromatic heterocycles. The molecule has 2 rings (SSSR count). The van der Waals surface area contributed by atoms with Crippen molar-refractivity contribution in [2.75, 3.05) is 39.5 Å². The standard InChI is InChI=1S/C11H18N2O2/c1-11(9-12,10-2-5-15-8-10)13-3-6-14-7-4-13/h10H,2-8H2,1H3. The molecule has 4 heteroatoms. The average molecular weight is 210 g/mol. The van der Waals surface area contributed by atoms with Crippen molar-refractivity contribution in [1.29, 1.82) is 5.26 Å². The second kappa shape index (κ2) is 4.48. The Kier molecular flexibility index (Phi) is 3.25. The van der Waals surface area contributed by atoms with Crippen LogP contribution in [0.1, 0.15) is 13.3 Å². The predicted octanol–water partition coefficient (Wildman–Crippen LogP) is 0.637. The van der Waals surface area contributed by atoms with Gasteiger partial charge in [-0.05, 0) is 13.3 Å². The molecule has 0 amide bonds. The lowest BCUT2D eigenvalue weighted by molar-refractivity contribution is -0.0180. The molecule has 2 fully saturated rings. The zero-order chi connectivity index (χ0) is 10.7. The molecule has 2 heterocycles. The van der Waals surface area contributed by atoms with Gasteiger partial charge < -0.3 is 9.47 Å². The second-order valence-electron chi connectivity index (χ2n) is 4.42. The fourth-order valence-corrected chi connectivity index (χ4v) is 2.43. The van der Waals surface area contributed by atoms with Gasteiger partial charge in [0.25, 0.3) is 0 Å². The van der Waals surface area contributed by atoms with Crippen LogP contribution in [0, 0.1) is 17.2 Å². The molecule has 0 aliphatic carbocycles. The highest BCUT2D eigenvalue weighted by molar-refractivity contribution is 5.10. The molecule has 0 N–H and O–H groups in total. The number of rotatable bonds is 2. The molecule has 84 valence electrons. The van der Waals surface area contributed by atoms with Crippen molar-refractivity contribution >= 4 is 0 Å². The summed E-state index contributed by atoms with van der Waals surface area (Å²) in [5, 5.41) is 9.41. The molecule has 0 bridgehead atoms. The summed E-state index contributed by atoms with van der Waals surface area (Å²) in [4.78, 5) is 2.25. The van der Waals surface area contributed by atoms with Crippen molar-refractivity contribution in [2.24, 2.45) is 5.92 Å². The van der Waals surface area contributed by atoms with Gasteiger partial charge in [0.2, 0.25) is 0 Å². The molecule has 2 aliphatic heterocycles. The lowest BCUT2D eigenvalue weighted by Gasteiger charge is -2.41. The van der Waals surface area contributed by atoms with Gasteiger partial charge in [-0.2, -0.15) is 5.26 Å². The van der Waals surface area contributed by atoms with Crippen LogP contribution in [-0.2, 0) is 9.47 Å². The minimum atomic E-state index is -0.375. The van der Waals surface area contributed by atoms with Crippen LogP contribution in [0.15, 0.2) is 0 Å². The Labute approximate surface area is 90.8 Å². The molecule has 2 unspecified atom stereocenters. The van der Waals surface area contributed by atoms with Crippen LogP contribution < -0.4 is 0 Å². The Morgan fingerprint density at radius 3 is 2.53 bits per heavy atom. The van der Waals surface area contributed by atoms with E-state index in [4.69, 9.17) is 9.47 Å². The fourth-order valence-electron chi connectivity index (χ4n) is 2.43. The normalized spacial score (nSPS) is 32.1. The van der Waals surface area contributed by atoms with Gasteiger partial charge in [0.05, 0.1) is 25.9 Å². The maximum Gasteiger partial charge on any atom is 0.111 e. The first-order valence-electron chi connectivity index (χ1n) is 5.59. The molecule has 0 aromatic carbocycles. The fraction of sp³-hybridized carbons (Fsp3) is 0.909. The van der Waals surface area contributed by atoms with Crippen LogP contribution in [0.25, 0.3) is 0 Å². The Hall–Kier alpha value is -0.630. The number of nitriles is 1. The number of morpholine rings is 1. The largest absolute Gasteiger partial charge is 0.381 e. The Balaban J connectivity index is 2.08. The van der Waals surface area contributed by atoms with Crippen molar-refractivity contribution in [3.63, 3.8) is 0 Å². The smallest absolute Gasteiger partial charge is 0.111 e. The third kappa shape index (κ3) is 2.00. The summed E-state index contributed by atoms with van der Waals surface area (Å²) in [7, 11) is 0. The minimum Gasteiger partial charge on any atom is -0.381 e. The van der Waals surface area contributed by atoms with Crippen LogP contribution >= 0.6 is 0 Å². The maximum absolute atomic E-state index is 9.41. The number of hydrogen-bond acceptors (Lipinski definition) is 4. The maximum atomic E-state index is 9.41. The summed E-state index contributed by atoms with van der Waals surface area (Å²) in [6.45, 7) is 6.77. The lowest BCUT2D eigenvalue weighted by atomic mass is 9.84. The van der Waals surface area contributed by atoms with E-state index in [0.29, 0.717) is 5.92 Å². The first-order chi connectivity index (χ1) is 7.27. The van der Waals surface area contributed by atoms with Crippen molar-refractivity contribution < 1.29 is 9.47 Å². The number of ether oxygens (including phenoxy) is 2. The zero-order valence-electron chi connectivity index (χ0n) is 9.24. The van der Waals surface area contributed by atoms with Crippen LogP contribution in [0.4, 0.5) is 0 Å². The van der Waals surface area contributed by atoms with Crippen molar-refractivity contribution in [3.8, 4) is 6.07 Å². The van der Waals surface area contributed by atoms with Crippen molar-refractivity contribution in [3.05, 3.63) is 0 Å². The molecule has 15 heavy (non-hydrogen) atoms. The molecule has 2 atom stereocenters. The monoisotopic (exact) mass is 210 g/mol. The Bertz CT molecular complexity index is 252. The van der Waals surface area contributed by atoms with E-state index < -0.39 is 0 Å². The molecule has 0 saturated carbocycles. The van der Waals surface area contributed by atoms with E-state index in [1.54, 1.807) is 0 Å². The average Bonchev–Trinajstić information content (AvgIpc) is 2.83. The third-order valence-corrected chi connectivity index (χ3v) is 3.62. The summed E-state index contributed by atoms with van der Waals surface area (Å²) in [5.74, 6) is 0.348. The summed E-state index contributed by atoms with van der Waals surface area (Å²) in [6.07, 6.45) is 1.00. The van der Waals surface area contributed by atoms with Crippen LogP contribution in [0.3, 0.4) is 0 Å². The van der Waals surface area contributed by atoms with E-state index in [-0.39, 0.29) is 5.54 Å². The van der Waals surface area contributed by atoms with Crippen molar-refractivity contribution in [1.82, 2.24) is 4.90 Å². The highest BCUT2D eigenvalue weighted by Crippen LogP contribution is 2.31. The molecule has 0 aromatic rings. The summed E-state index contributed by atoms with van der Waals surface area (Å²) >= 11 is 0. The van der Waals surface area contributed by atoms with Gasteiger partial charge in [0.15, 0.2) is 0 Å². The summed E-state index contributed by atoms with van der Waals surface area (Å²) in [6, 6.07) is 2.48. The second-order valence-corrected chi connectivity index (χ2v) is 4.42. The quantitative estimate of drug-likeness (QED) is 0.671. The SMILES string of the molecule is CC(C#N)(C1CCOC1)N1CCOCC1. The topological polar surface area (TPSA) is 45.5 Å². The van der Waals surface area contributed by atoms with Gasteiger partial charge in [-0.15, -0.1) is 0 Å². The van der Waals surface area contributed by atoms with Gasteiger partial charge in [0, 0.05) is 25.6 Å². The summed E-state index contributed by atoms with van der Waals surface area (Å²) < 4.78 is 10.7. The third-order valence-electron chi connectivity index (χ3n) is 3.62. The van der Waals surface area contributed by atoms with E-state index >= 15 is 0 Å².